The van der Waals surface area contributed by atoms with Gasteiger partial charge < -0.3 is 10.1 Å². The maximum atomic E-state index is 9.55. The van der Waals surface area contributed by atoms with E-state index in [1.165, 1.54) is 10.5 Å². The van der Waals surface area contributed by atoms with Crippen LogP contribution in [0.4, 0.5) is 11.4 Å². The standard InChI is InChI=1S/C19H15N3OS/c1-23-14-4-2-3-13(9-14)22-19-12(10-20)11-21-16-5-6-17-15(18(16)19)7-8-24-17/h2-6,9,11H,7-8H2,1H3,(H,21,22). The molecule has 1 aliphatic rings. The molecule has 2 aromatic carbocycles. The molecule has 3 aromatic rings. The van der Waals surface area contributed by atoms with Crippen LogP contribution in [0.25, 0.3) is 10.9 Å². The van der Waals surface area contributed by atoms with Gasteiger partial charge in [0.1, 0.15) is 11.8 Å². The fraction of sp³-hybridized carbons (Fsp3) is 0.158. The Labute approximate surface area is 144 Å². The molecule has 1 aromatic heterocycles. The lowest BCUT2D eigenvalue weighted by molar-refractivity contribution is 0.415. The van der Waals surface area contributed by atoms with Crippen molar-refractivity contribution in [3.63, 3.8) is 0 Å². The van der Waals surface area contributed by atoms with Gasteiger partial charge in [-0.2, -0.15) is 5.26 Å². The van der Waals surface area contributed by atoms with Crippen LogP contribution in [0.1, 0.15) is 11.1 Å². The van der Waals surface area contributed by atoms with E-state index in [1.54, 1.807) is 13.3 Å². The van der Waals surface area contributed by atoms with E-state index < -0.39 is 0 Å². The largest absolute Gasteiger partial charge is 0.497 e. The molecule has 0 unspecified atom stereocenters. The van der Waals surface area contributed by atoms with Crippen LogP contribution in [0.5, 0.6) is 5.75 Å². The molecular formula is C19H15N3OS. The van der Waals surface area contributed by atoms with E-state index in [9.17, 15) is 5.26 Å². The summed E-state index contributed by atoms with van der Waals surface area (Å²) in [6, 6.07) is 14.1. The van der Waals surface area contributed by atoms with Gasteiger partial charge in [-0.25, -0.2) is 0 Å². The molecule has 1 aliphatic heterocycles. The summed E-state index contributed by atoms with van der Waals surface area (Å²) >= 11 is 1.86. The fourth-order valence-corrected chi connectivity index (χ4v) is 4.11. The lowest BCUT2D eigenvalue weighted by Crippen LogP contribution is -1.99. The Hall–Kier alpha value is -2.71. The predicted octanol–water partition coefficient (Wildman–Crippen LogP) is 4.51. The van der Waals surface area contributed by atoms with Gasteiger partial charge in [0.25, 0.3) is 0 Å². The number of methoxy groups -OCH3 is 1. The van der Waals surface area contributed by atoms with Crippen LogP contribution in [0.3, 0.4) is 0 Å². The Balaban J connectivity index is 1.92. The second-order valence-corrected chi connectivity index (χ2v) is 6.69. The lowest BCUT2D eigenvalue weighted by Gasteiger charge is -2.14. The Kier molecular flexibility index (Phi) is 3.75. The SMILES string of the molecule is COc1cccc(Nc2c(C#N)cnc3ccc4c(c23)CCS4)c1. The minimum absolute atomic E-state index is 0.551. The zero-order valence-corrected chi connectivity index (χ0v) is 14.0. The zero-order valence-electron chi connectivity index (χ0n) is 13.2. The average Bonchev–Trinajstić information content (AvgIpc) is 3.10. The van der Waals surface area contributed by atoms with Crippen molar-refractivity contribution >= 4 is 34.0 Å². The van der Waals surface area contributed by atoms with Gasteiger partial charge in [0.05, 0.1) is 23.9 Å². The topological polar surface area (TPSA) is 57.9 Å². The summed E-state index contributed by atoms with van der Waals surface area (Å²) in [5, 5.41) is 14.0. The van der Waals surface area contributed by atoms with Gasteiger partial charge in [0.2, 0.25) is 0 Å². The van der Waals surface area contributed by atoms with Gasteiger partial charge >= 0.3 is 0 Å². The highest BCUT2D eigenvalue weighted by atomic mass is 32.2. The second kappa shape index (κ2) is 6.06. The Morgan fingerprint density at radius 2 is 2.21 bits per heavy atom. The van der Waals surface area contributed by atoms with Crippen molar-refractivity contribution in [1.82, 2.24) is 4.98 Å². The normalized spacial score (nSPS) is 12.7. The van der Waals surface area contributed by atoms with Crippen molar-refractivity contribution in [3.05, 3.63) is 53.7 Å². The summed E-state index contributed by atoms with van der Waals surface area (Å²) in [5.74, 6) is 1.85. The van der Waals surface area contributed by atoms with E-state index in [0.29, 0.717) is 5.56 Å². The first kappa shape index (κ1) is 14.9. The van der Waals surface area contributed by atoms with Gasteiger partial charge in [-0.1, -0.05) is 6.07 Å². The van der Waals surface area contributed by atoms with Crippen LogP contribution in [0, 0.1) is 11.3 Å². The highest BCUT2D eigenvalue weighted by Gasteiger charge is 2.19. The number of thioether (sulfide) groups is 1. The smallest absolute Gasteiger partial charge is 0.120 e. The van der Waals surface area contributed by atoms with Gasteiger partial charge in [-0.05, 0) is 36.2 Å². The summed E-state index contributed by atoms with van der Waals surface area (Å²) in [6.07, 6.45) is 2.64. The summed E-state index contributed by atoms with van der Waals surface area (Å²) in [4.78, 5) is 5.75. The Bertz CT molecular complexity index is 978. The van der Waals surface area contributed by atoms with Crippen molar-refractivity contribution < 1.29 is 4.74 Å². The van der Waals surface area contributed by atoms with Gasteiger partial charge in [0.15, 0.2) is 0 Å². The number of benzene rings is 2. The van der Waals surface area contributed by atoms with E-state index >= 15 is 0 Å². The van der Waals surface area contributed by atoms with Gasteiger partial charge in [0, 0.05) is 34.0 Å². The minimum atomic E-state index is 0.551. The molecule has 4 rings (SSSR count). The molecule has 0 aliphatic carbocycles. The van der Waals surface area contributed by atoms with Crippen molar-refractivity contribution in [2.75, 3.05) is 18.2 Å². The highest BCUT2D eigenvalue weighted by molar-refractivity contribution is 7.99. The summed E-state index contributed by atoms with van der Waals surface area (Å²) in [6.45, 7) is 0. The van der Waals surface area contributed by atoms with Crippen molar-refractivity contribution in [2.24, 2.45) is 0 Å². The van der Waals surface area contributed by atoms with Gasteiger partial charge in [-0.15, -0.1) is 11.8 Å². The molecule has 2 heterocycles. The summed E-state index contributed by atoms with van der Waals surface area (Å²) in [7, 11) is 1.64. The first-order valence-corrected chi connectivity index (χ1v) is 8.67. The van der Waals surface area contributed by atoms with Gasteiger partial charge in [-0.3, -0.25) is 4.98 Å². The zero-order chi connectivity index (χ0) is 16.5. The summed E-state index contributed by atoms with van der Waals surface area (Å²) in [5.41, 5.74) is 4.47. The minimum Gasteiger partial charge on any atom is -0.497 e. The number of ether oxygens (including phenoxy) is 1. The highest BCUT2D eigenvalue weighted by Crippen LogP contribution is 2.40. The van der Waals surface area contributed by atoms with Crippen LogP contribution in [0.15, 0.2) is 47.5 Å². The molecule has 5 heteroatoms. The molecule has 24 heavy (non-hydrogen) atoms. The van der Waals surface area contributed by atoms with E-state index in [4.69, 9.17) is 4.74 Å². The number of hydrogen-bond acceptors (Lipinski definition) is 5. The third-order valence-electron chi connectivity index (χ3n) is 4.17. The van der Waals surface area contributed by atoms with E-state index in [1.807, 2.05) is 42.1 Å². The molecule has 0 atom stereocenters. The maximum Gasteiger partial charge on any atom is 0.120 e. The Morgan fingerprint density at radius 3 is 3.04 bits per heavy atom. The van der Waals surface area contributed by atoms with Crippen LogP contribution >= 0.6 is 11.8 Å². The predicted molar refractivity (Wildman–Crippen MR) is 97.2 cm³/mol. The van der Waals surface area contributed by atoms with E-state index in [0.717, 1.165) is 40.2 Å². The average molecular weight is 333 g/mol. The number of anilines is 2. The molecule has 0 saturated heterocycles. The molecule has 0 bridgehead atoms. The van der Waals surface area contributed by atoms with Crippen LogP contribution in [0.2, 0.25) is 0 Å². The van der Waals surface area contributed by atoms with Crippen LogP contribution in [-0.2, 0) is 6.42 Å². The lowest BCUT2D eigenvalue weighted by atomic mass is 10.0. The molecule has 0 saturated carbocycles. The van der Waals surface area contributed by atoms with E-state index in [-0.39, 0.29) is 0 Å². The molecular weight excluding hydrogens is 318 g/mol. The van der Waals surface area contributed by atoms with E-state index in [2.05, 4.69) is 22.4 Å². The molecule has 1 N–H and O–H groups in total. The number of pyridine rings is 1. The number of nitrogens with zero attached hydrogens (tertiary/aromatic N) is 2. The monoisotopic (exact) mass is 333 g/mol. The number of aromatic nitrogens is 1. The number of rotatable bonds is 3. The first-order chi connectivity index (χ1) is 11.8. The van der Waals surface area contributed by atoms with Crippen LogP contribution in [-0.4, -0.2) is 17.8 Å². The molecule has 118 valence electrons. The molecule has 4 nitrogen and oxygen atoms in total. The fourth-order valence-electron chi connectivity index (χ4n) is 3.04. The van der Waals surface area contributed by atoms with Crippen molar-refractivity contribution in [1.29, 1.82) is 5.26 Å². The third-order valence-corrected chi connectivity index (χ3v) is 5.27. The molecule has 0 radical (unpaired) electrons. The molecule has 0 fully saturated rings. The maximum absolute atomic E-state index is 9.55. The van der Waals surface area contributed by atoms with Crippen molar-refractivity contribution in [2.45, 2.75) is 11.3 Å². The number of hydrogen-bond donors (Lipinski definition) is 1. The number of nitriles is 1. The second-order valence-electron chi connectivity index (χ2n) is 5.55. The first-order valence-electron chi connectivity index (χ1n) is 7.68. The Morgan fingerprint density at radius 1 is 1.29 bits per heavy atom. The molecule has 0 amide bonds. The summed E-state index contributed by atoms with van der Waals surface area (Å²) < 4.78 is 5.29. The molecule has 0 spiro atoms. The van der Waals surface area contributed by atoms with Crippen LogP contribution < -0.4 is 10.1 Å². The number of nitrogens with one attached hydrogen (secondary N) is 1. The van der Waals surface area contributed by atoms with Crippen molar-refractivity contribution in [3.8, 4) is 11.8 Å². The number of aryl methyl sites for hydroxylation is 1. The quantitative estimate of drug-likeness (QED) is 0.764. The number of fused-ring (bicyclic) bond motifs is 3. The third kappa shape index (κ3) is 2.45.